The first kappa shape index (κ1) is 25.1. The van der Waals surface area contributed by atoms with Crippen molar-refractivity contribution in [3.63, 3.8) is 0 Å². The Morgan fingerprint density at radius 2 is 1.83 bits per heavy atom. The normalized spacial score (nSPS) is 18.5. The van der Waals surface area contributed by atoms with Crippen LogP contribution in [-0.2, 0) is 22.4 Å². The van der Waals surface area contributed by atoms with Gasteiger partial charge in [-0.05, 0) is 61.7 Å². The summed E-state index contributed by atoms with van der Waals surface area (Å²) in [5, 5.41) is 8.34. The second kappa shape index (κ2) is 11.6. The zero-order valence-electron chi connectivity index (χ0n) is 20.2. The molecule has 2 aliphatic heterocycles. The molecule has 0 fully saturated rings. The fourth-order valence-electron chi connectivity index (χ4n) is 4.26. The molecule has 3 N–H and O–H groups in total. The molecule has 2 aliphatic rings. The number of amides is 3. The van der Waals surface area contributed by atoms with E-state index in [0.29, 0.717) is 17.7 Å². The van der Waals surface area contributed by atoms with Gasteiger partial charge in [0.15, 0.2) is 0 Å². The highest BCUT2D eigenvalue weighted by atomic mass is 32.2. The van der Waals surface area contributed by atoms with Gasteiger partial charge in [0.2, 0.25) is 11.8 Å². The van der Waals surface area contributed by atoms with Crippen LogP contribution in [0.5, 0.6) is 0 Å². The fourth-order valence-corrected chi connectivity index (χ4v) is 5.27. The molecule has 35 heavy (non-hydrogen) atoms. The molecule has 0 aromatic heterocycles. The molecule has 0 saturated carbocycles. The predicted molar refractivity (Wildman–Crippen MR) is 143 cm³/mol. The quantitative estimate of drug-likeness (QED) is 0.513. The van der Waals surface area contributed by atoms with Crippen molar-refractivity contribution in [1.29, 1.82) is 0 Å². The summed E-state index contributed by atoms with van der Waals surface area (Å²) in [6, 6.07) is 13.9. The molecule has 2 heterocycles. The molecular weight excluding hydrogens is 459 g/mol. The summed E-state index contributed by atoms with van der Waals surface area (Å²) in [5.41, 5.74) is 3.72. The molecular formula is C26H31BN4O3S. The third kappa shape index (κ3) is 6.77. The molecule has 0 aliphatic carbocycles. The van der Waals surface area contributed by atoms with Crippen LogP contribution in [0, 0.1) is 0 Å². The Labute approximate surface area is 211 Å². The molecule has 4 rings (SSSR count). The molecule has 182 valence electrons. The number of hydrogen-bond donors (Lipinski definition) is 3. The monoisotopic (exact) mass is 490 g/mol. The molecule has 0 radical (unpaired) electrons. The van der Waals surface area contributed by atoms with Crippen LogP contribution in [-0.4, -0.2) is 68.4 Å². The van der Waals surface area contributed by atoms with Gasteiger partial charge in [0.1, 0.15) is 13.9 Å². The second-order valence-electron chi connectivity index (χ2n) is 9.07. The minimum absolute atomic E-state index is 0.00909. The van der Waals surface area contributed by atoms with Crippen molar-refractivity contribution in [2.24, 2.45) is 0 Å². The first-order valence-corrected chi connectivity index (χ1v) is 12.9. The van der Waals surface area contributed by atoms with E-state index in [1.54, 1.807) is 24.3 Å². The number of fused-ring (bicyclic) bond motifs is 1. The van der Waals surface area contributed by atoms with Gasteiger partial charge in [0.25, 0.3) is 5.91 Å². The van der Waals surface area contributed by atoms with E-state index in [1.165, 1.54) is 22.9 Å². The Morgan fingerprint density at radius 1 is 1.09 bits per heavy atom. The van der Waals surface area contributed by atoms with Crippen LogP contribution in [0.2, 0.25) is 0 Å². The molecule has 7 nitrogen and oxygen atoms in total. The highest BCUT2D eigenvalue weighted by Crippen LogP contribution is 2.30. The number of carbonyl (C=O) groups excluding carboxylic acids is 3. The lowest BCUT2D eigenvalue weighted by molar-refractivity contribution is -0.126. The van der Waals surface area contributed by atoms with Crippen molar-refractivity contribution in [1.82, 2.24) is 15.5 Å². The van der Waals surface area contributed by atoms with Crippen LogP contribution in [0.15, 0.2) is 59.4 Å². The zero-order valence-corrected chi connectivity index (χ0v) is 21.0. The van der Waals surface area contributed by atoms with Gasteiger partial charge in [-0.2, -0.15) is 0 Å². The van der Waals surface area contributed by atoms with Crippen molar-refractivity contribution in [2.75, 3.05) is 32.0 Å². The van der Waals surface area contributed by atoms with Gasteiger partial charge in [0.05, 0.1) is 5.25 Å². The average molecular weight is 490 g/mol. The predicted octanol–water partition coefficient (Wildman–Crippen LogP) is 1.55. The van der Waals surface area contributed by atoms with E-state index in [2.05, 4.69) is 34.0 Å². The van der Waals surface area contributed by atoms with E-state index in [1.807, 2.05) is 32.1 Å². The van der Waals surface area contributed by atoms with Crippen LogP contribution < -0.4 is 16.0 Å². The minimum Gasteiger partial charge on any atom is -0.349 e. The number of anilines is 1. The maximum absolute atomic E-state index is 13.3. The van der Waals surface area contributed by atoms with Gasteiger partial charge < -0.3 is 20.9 Å². The van der Waals surface area contributed by atoms with Crippen molar-refractivity contribution in [3.8, 4) is 0 Å². The summed E-state index contributed by atoms with van der Waals surface area (Å²) in [6.45, 7) is 1.98. The lowest BCUT2D eigenvalue weighted by atomic mass is 10.0. The molecule has 2 aromatic carbocycles. The molecule has 1 unspecified atom stereocenters. The number of benzene rings is 2. The summed E-state index contributed by atoms with van der Waals surface area (Å²) in [4.78, 5) is 42.1. The summed E-state index contributed by atoms with van der Waals surface area (Å²) < 4.78 is 0. The first-order chi connectivity index (χ1) is 16.9. The molecule has 0 saturated heterocycles. The van der Waals surface area contributed by atoms with Crippen LogP contribution in [0.4, 0.5) is 5.69 Å². The average Bonchev–Trinajstić information content (AvgIpc) is 3.22. The van der Waals surface area contributed by atoms with Crippen molar-refractivity contribution in [3.05, 3.63) is 76.1 Å². The summed E-state index contributed by atoms with van der Waals surface area (Å²) in [5.74, 6) is -0.855. The van der Waals surface area contributed by atoms with E-state index in [4.69, 9.17) is 0 Å². The maximum atomic E-state index is 13.3. The van der Waals surface area contributed by atoms with Gasteiger partial charge in [-0.15, -0.1) is 11.8 Å². The smallest absolute Gasteiger partial charge is 0.251 e. The Kier molecular flexibility index (Phi) is 8.31. The van der Waals surface area contributed by atoms with Gasteiger partial charge in [-0.3, -0.25) is 14.4 Å². The molecule has 0 spiro atoms. The number of thioether (sulfide) groups is 1. The summed E-state index contributed by atoms with van der Waals surface area (Å²) >= 11 is 1.50. The first-order valence-electron chi connectivity index (χ1n) is 12.0. The Morgan fingerprint density at radius 3 is 2.54 bits per heavy atom. The van der Waals surface area contributed by atoms with Crippen molar-refractivity contribution < 1.29 is 14.4 Å². The SMILES string of the molecule is BC1=CCC(C(=O)N[C@H](CNC(=O)c2ccccc2)C(=O)Nc2ccc3c(c2)CCN(C)CC3)S1. The van der Waals surface area contributed by atoms with Gasteiger partial charge in [-0.25, -0.2) is 0 Å². The van der Waals surface area contributed by atoms with Crippen LogP contribution >= 0.6 is 11.8 Å². The number of carbonyl (C=O) groups is 3. The fraction of sp³-hybridized carbons (Fsp3) is 0.346. The number of nitrogens with one attached hydrogen (secondary N) is 3. The van der Waals surface area contributed by atoms with Gasteiger partial charge in [-0.1, -0.05) is 35.1 Å². The van der Waals surface area contributed by atoms with Crippen molar-refractivity contribution >= 4 is 43.0 Å². The lowest BCUT2D eigenvalue weighted by Crippen LogP contribution is -2.52. The maximum Gasteiger partial charge on any atom is 0.251 e. The largest absolute Gasteiger partial charge is 0.349 e. The van der Waals surface area contributed by atoms with Crippen molar-refractivity contribution in [2.45, 2.75) is 30.6 Å². The highest BCUT2D eigenvalue weighted by molar-refractivity contribution is 8.05. The number of allylic oxidation sites excluding steroid dienone is 1. The Bertz CT molecular complexity index is 1120. The molecule has 2 atom stereocenters. The number of nitrogens with zero attached hydrogens (tertiary/aromatic N) is 1. The van der Waals surface area contributed by atoms with Gasteiger partial charge >= 0.3 is 0 Å². The summed E-state index contributed by atoms with van der Waals surface area (Å²) in [7, 11) is 4.09. The zero-order chi connectivity index (χ0) is 24.8. The summed E-state index contributed by atoms with van der Waals surface area (Å²) in [6.07, 6.45) is 4.56. The highest BCUT2D eigenvalue weighted by Gasteiger charge is 2.28. The number of rotatable bonds is 7. The molecule has 0 bridgehead atoms. The van der Waals surface area contributed by atoms with E-state index in [-0.39, 0.29) is 29.5 Å². The van der Waals surface area contributed by atoms with Crippen LogP contribution in [0.1, 0.15) is 27.9 Å². The Hall–Kier alpha value is -3.04. The number of hydrogen-bond acceptors (Lipinski definition) is 5. The van der Waals surface area contributed by atoms with E-state index in [9.17, 15) is 14.4 Å². The molecule has 2 aromatic rings. The second-order valence-corrected chi connectivity index (χ2v) is 10.5. The van der Waals surface area contributed by atoms with E-state index in [0.717, 1.165) is 30.7 Å². The Balaban J connectivity index is 1.44. The van der Waals surface area contributed by atoms with Crippen LogP contribution in [0.3, 0.4) is 0 Å². The topological polar surface area (TPSA) is 90.5 Å². The third-order valence-corrected chi connectivity index (χ3v) is 7.60. The molecule has 3 amide bonds. The number of likely N-dealkylation sites (N-methyl/N-ethyl adjacent to an activating group) is 1. The van der Waals surface area contributed by atoms with E-state index >= 15 is 0 Å². The third-order valence-electron chi connectivity index (χ3n) is 6.38. The standard InChI is InChI=1S/C26H31BN4O3S/c1-31-13-11-17-7-8-20(15-19(17)12-14-31)29-25(33)21(30-26(34)22-9-10-23(27)35-22)16-28-24(32)18-5-3-2-4-6-18/h2-8,10,15,21-22H,9,11-14,16,27H2,1H3,(H,28,32)(H,29,33)(H,30,34)/t21-,22?/m1/s1. The molecule has 9 heteroatoms. The lowest BCUT2D eigenvalue weighted by Gasteiger charge is -2.21. The van der Waals surface area contributed by atoms with E-state index < -0.39 is 6.04 Å². The van der Waals surface area contributed by atoms with Crippen LogP contribution in [0.25, 0.3) is 0 Å². The van der Waals surface area contributed by atoms with Gasteiger partial charge in [0, 0.05) is 30.9 Å². The minimum atomic E-state index is -0.901.